The van der Waals surface area contributed by atoms with Crippen molar-refractivity contribution in [1.29, 1.82) is 0 Å². The van der Waals surface area contributed by atoms with E-state index in [0.717, 1.165) is 0 Å². The molecule has 6 N–H and O–H groups in total. The molecule has 1 fully saturated rings. The van der Waals surface area contributed by atoms with E-state index in [9.17, 15) is 4.79 Å². The maximum absolute atomic E-state index is 10.2. The molecule has 6 heteroatoms. The lowest BCUT2D eigenvalue weighted by molar-refractivity contribution is -0.429. The third-order valence-corrected chi connectivity index (χ3v) is 3.90. The van der Waals surface area contributed by atoms with Crippen molar-refractivity contribution in [1.82, 2.24) is 5.09 Å². The van der Waals surface area contributed by atoms with Gasteiger partial charge < -0.3 is 15.9 Å². The molecule has 0 spiro atoms. The summed E-state index contributed by atoms with van der Waals surface area (Å²) in [7, 11) is 2.58. The largest absolute Gasteiger partial charge is 0.479 e. The minimum atomic E-state index is -1.41. The molecule has 5 nitrogen and oxygen atoms in total. The molecule has 4 atom stereocenters. The molecule has 0 aliphatic heterocycles. The fourth-order valence-corrected chi connectivity index (χ4v) is 2.64. The number of nitrogens with one attached hydrogen (secondary N) is 1. The zero-order chi connectivity index (χ0) is 15.0. The average Bonchev–Trinajstić information content (AvgIpc) is 2.48. The van der Waals surface area contributed by atoms with Gasteiger partial charge >= 0.3 is 5.97 Å². The maximum Gasteiger partial charge on any atom is 0.337 e. The SMILES string of the molecule is O=C(O)[C@H](O)c1ccccc1.[NH3+][C@@H]1CCCC[C@@H]1NP. The zero-order valence-electron chi connectivity index (χ0n) is 11.5. The first-order valence-electron chi connectivity index (χ1n) is 6.81. The third-order valence-electron chi connectivity index (χ3n) is 3.47. The van der Waals surface area contributed by atoms with Crippen LogP contribution >= 0.6 is 9.39 Å². The van der Waals surface area contributed by atoms with Crippen molar-refractivity contribution in [3.05, 3.63) is 35.9 Å². The normalized spacial score (nSPS) is 23.4. The molecular formula is C14H24N2O3P+. The number of carboxylic acid groups (broad SMARTS) is 1. The lowest BCUT2D eigenvalue weighted by Gasteiger charge is -2.24. The van der Waals surface area contributed by atoms with Crippen LogP contribution in [0, 0.1) is 0 Å². The Morgan fingerprint density at radius 2 is 1.90 bits per heavy atom. The first-order valence-corrected chi connectivity index (χ1v) is 7.39. The van der Waals surface area contributed by atoms with Gasteiger partial charge in [-0.2, -0.15) is 0 Å². The molecule has 1 aromatic rings. The molecule has 0 amide bonds. The molecule has 0 saturated heterocycles. The topological polar surface area (TPSA) is 97.2 Å². The summed E-state index contributed by atoms with van der Waals surface area (Å²) in [6.45, 7) is 0. The summed E-state index contributed by atoms with van der Waals surface area (Å²) in [4.78, 5) is 10.2. The van der Waals surface area contributed by atoms with Crippen LogP contribution < -0.4 is 10.8 Å². The molecule has 1 aliphatic carbocycles. The number of aliphatic carboxylic acids is 1. The number of benzene rings is 1. The van der Waals surface area contributed by atoms with Crippen LogP contribution in [0.5, 0.6) is 0 Å². The molecule has 2 rings (SSSR count). The Labute approximate surface area is 121 Å². The van der Waals surface area contributed by atoms with Gasteiger partial charge in [-0.1, -0.05) is 46.1 Å². The molecule has 1 unspecified atom stereocenters. The van der Waals surface area contributed by atoms with Crippen LogP contribution in [0.25, 0.3) is 0 Å². The Morgan fingerprint density at radius 3 is 2.35 bits per heavy atom. The van der Waals surface area contributed by atoms with Gasteiger partial charge in [0.05, 0.1) is 6.04 Å². The van der Waals surface area contributed by atoms with Gasteiger partial charge in [-0.3, -0.25) is 5.09 Å². The van der Waals surface area contributed by atoms with Crippen molar-refractivity contribution in [2.24, 2.45) is 0 Å². The molecule has 0 radical (unpaired) electrons. The average molecular weight is 299 g/mol. The Bertz CT molecular complexity index is 403. The second kappa shape index (κ2) is 9.03. The van der Waals surface area contributed by atoms with Crippen molar-refractivity contribution in [2.45, 2.75) is 43.9 Å². The zero-order valence-corrected chi connectivity index (χ0v) is 12.7. The van der Waals surface area contributed by atoms with Crippen molar-refractivity contribution in [2.75, 3.05) is 0 Å². The Balaban J connectivity index is 0.000000204. The highest BCUT2D eigenvalue weighted by molar-refractivity contribution is 7.13. The van der Waals surface area contributed by atoms with E-state index in [1.807, 2.05) is 0 Å². The van der Waals surface area contributed by atoms with Crippen molar-refractivity contribution in [3.8, 4) is 0 Å². The first kappa shape index (κ1) is 17.1. The van der Waals surface area contributed by atoms with E-state index in [1.165, 1.54) is 25.7 Å². The first-order chi connectivity index (χ1) is 9.56. The molecule has 1 aromatic carbocycles. The number of aliphatic hydroxyl groups excluding tert-OH is 1. The van der Waals surface area contributed by atoms with E-state index < -0.39 is 12.1 Å². The van der Waals surface area contributed by atoms with Gasteiger partial charge in [0, 0.05) is 6.42 Å². The molecule has 112 valence electrons. The molecule has 20 heavy (non-hydrogen) atoms. The quantitative estimate of drug-likeness (QED) is 0.618. The lowest BCUT2D eigenvalue weighted by Crippen LogP contribution is -2.69. The van der Waals surface area contributed by atoms with Crippen molar-refractivity contribution < 1.29 is 20.7 Å². The predicted octanol–water partition coefficient (Wildman–Crippen LogP) is 0.724. The van der Waals surface area contributed by atoms with Crippen LogP contribution in [-0.2, 0) is 4.79 Å². The van der Waals surface area contributed by atoms with Crippen LogP contribution in [-0.4, -0.2) is 28.3 Å². The third kappa shape index (κ3) is 5.55. The Kier molecular flexibility index (Phi) is 7.70. The molecule has 0 bridgehead atoms. The molecule has 0 heterocycles. The molecule has 0 aromatic heterocycles. The summed E-state index contributed by atoms with van der Waals surface area (Å²) < 4.78 is 0. The summed E-state index contributed by atoms with van der Waals surface area (Å²) in [6.07, 6.45) is 3.94. The van der Waals surface area contributed by atoms with E-state index >= 15 is 0 Å². The number of rotatable bonds is 3. The number of quaternary nitrogens is 1. The lowest BCUT2D eigenvalue weighted by atomic mass is 9.92. The maximum atomic E-state index is 10.2. The summed E-state index contributed by atoms with van der Waals surface area (Å²) in [5.74, 6) is -1.23. The fraction of sp³-hybridized carbons (Fsp3) is 0.500. The van der Waals surface area contributed by atoms with Crippen LogP contribution in [0.3, 0.4) is 0 Å². The van der Waals surface area contributed by atoms with Crippen LogP contribution in [0.15, 0.2) is 30.3 Å². The fourth-order valence-electron chi connectivity index (χ4n) is 2.20. The van der Waals surface area contributed by atoms with Crippen LogP contribution in [0.2, 0.25) is 0 Å². The second-order valence-electron chi connectivity index (χ2n) is 4.97. The minimum absolute atomic E-state index is 0.403. The predicted molar refractivity (Wildman–Crippen MR) is 80.8 cm³/mol. The highest BCUT2D eigenvalue weighted by Gasteiger charge is 2.22. The number of carboxylic acids is 1. The number of carbonyl (C=O) groups is 1. The summed E-state index contributed by atoms with van der Waals surface area (Å²) >= 11 is 0. The van der Waals surface area contributed by atoms with E-state index in [2.05, 4.69) is 20.2 Å². The van der Waals surface area contributed by atoms with Gasteiger partial charge in [0.2, 0.25) is 0 Å². The summed E-state index contributed by atoms with van der Waals surface area (Å²) in [5.41, 5.74) is 4.48. The number of aliphatic hydroxyl groups is 1. The van der Waals surface area contributed by atoms with Gasteiger partial charge in [0.1, 0.15) is 6.04 Å². The van der Waals surface area contributed by atoms with Gasteiger partial charge in [0.25, 0.3) is 0 Å². The van der Waals surface area contributed by atoms with Gasteiger partial charge in [-0.15, -0.1) is 0 Å². The van der Waals surface area contributed by atoms with E-state index in [1.54, 1.807) is 30.3 Å². The Morgan fingerprint density at radius 1 is 1.30 bits per heavy atom. The number of hydrogen-bond donors (Lipinski definition) is 4. The summed E-state index contributed by atoms with van der Waals surface area (Å²) in [5, 5.41) is 20.6. The Hall–Kier alpha value is -1.00. The second-order valence-corrected chi connectivity index (χ2v) is 5.30. The van der Waals surface area contributed by atoms with E-state index in [0.29, 0.717) is 17.6 Å². The van der Waals surface area contributed by atoms with Crippen molar-refractivity contribution in [3.63, 3.8) is 0 Å². The highest BCUT2D eigenvalue weighted by Crippen LogP contribution is 2.16. The van der Waals surface area contributed by atoms with Gasteiger partial charge in [0.15, 0.2) is 6.10 Å². The number of hydrogen-bond acceptors (Lipinski definition) is 3. The van der Waals surface area contributed by atoms with Gasteiger partial charge in [-0.25, -0.2) is 4.79 Å². The smallest absolute Gasteiger partial charge is 0.337 e. The molecular weight excluding hydrogens is 275 g/mol. The molecule has 1 saturated carbocycles. The monoisotopic (exact) mass is 299 g/mol. The molecule has 1 aliphatic rings. The van der Waals surface area contributed by atoms with Crippen LogP contribution in [0.4, 0.5) is 0 Å². The minimum Gasteiger partial charge on any atom is -0.479 e. The van der Waals surface area contributed by atoms with E-state index in [-0.39, 0.29) is 0 Å². The van der Waals surface area contributed by atoms with Crippen LogP contribution in [0.1, 0.15) is 37.4 Å². The van der Waals surface area contributed by atoms with Crippen molar-refractivity contribution >= 4 is 15.4 Å². The van der Waals surface area contributed by atoms with Gasteiger partial charge in [-0.05, 0) is 18.4 Å². The summed E-state index contributed by atoms with van der Waals surface area (Å²) in [6, 6.07) is 9.55. The van der Waals surface area contributed by atoms with E-state index in [4.69, 9.17) is 10.2 Å². The highest BCUT2D eigenvalue weighted by atomic mass is 31.0. The standard InChI is InChI=1S/C8H8O3.C6H15N2P/c9-7(8(10)11)6-4-2-1-3-5-6;7-5-3-1-2-4-6(5)8-9/h1-5,7,9H,(H,10,11);5-6,8H,1-4,7,9H2/p+1/t7-;5-,6+/m11/s1.